The van der Waals surface area contributed by atoms with Gasteiger partial charge < -0.3 is 19.7 Å². The summed E-state index contributed by atoms with van der Waals surface area (Å²) in [6.45, 7) is 2.34. The molecular formula is C39H31Cl2N3O4. The number of nitrogens with zero attached hydrogens (tertiary/aromatic N) is 2. The first kappa shape index (κ1) is 32.6. The van der Waals surface area contributed by atoms with Crippen LogP contribution in [0.5, 0.6) is 5.75 Å². The summed E-state index contributed by atoms with van der Waals surface area (Å²) in [5.41, 5.74) is 4.37. The highest BCUT2D eigenvalue weighted by Crippen LogP contribution is 2.30. The normalized spacial score (nSPS) is 11.9. The maximum Gasteiger partial charge on any atom is 0.335 e. The van der Waals surface area contributed by atoms with Crippen LogP contribution < -0.4 is 10.1 Å². The van der Waals surface area contributed by atoms with Gasteiger partial charge in [0.05, 0.1) is 22.3 Å². The van der Waals surface area contributed by atoms with Crippen LogP contribution in [-0.2, 0) is 17.9 Å². The quantitative estimate of drug-likeness (QED) is 0.143. The first-order valence-corrected chi connectivity index (χ1v) is 16.0. The lowest BCUT2D eigenvalue weighted by Crippen LogP contribution is -2.30. The number of carboxylic acids is 1. The lowest BCUT2D eigenvalue weighted by atomic mass is 10.00. The largest absolute Gasteiger partial charge is 0.489 e. The van der Waals surface area contributed by atoms with E-state index in [9.17, 15) is 9.59 Å². The summed E-state index contributed by atoms with van der Waals surface area (Å²) < 4.78 is 7.68. The third-order valence-corrected chi connectivity index (χ3v) is 8.45. The van der Waals surface area contributed by atoms with Crippen LogP contribution in [0.1, 0.15) is 45.8 Å². The number of imidazole rings is 1. The van der Waals surface area contributed by atoms with Crippen LogP contribution in [-0.4, -0.2) is 26.5 Å². The molecule has 0 saturated carbocycles. The number of halogens is 2. The Hall–Kier alpha value is -5.37. The third kappa shape index (κ3) is 7.77. The number of carbonyl (C=O) groups excluding carboxylic acids is 1. The Morgan fingerprint density at radius 1 is 0.917 bits per heavy atom. The van der Waals surface area contributed by atoms with E-state index < -0.39 is 5.97 Å². The van der Waals surface area contributed by atoms with Gasteiger partial charge in [0.25, 0.3) is 0 Å². The Morgan fingerprint density at radius 3 is 2.42 bits per heavy atom. The molecular weight excluding hydrogens is 645 g/mol. The first-order valence-electron chi connectivity index (χ1n) is 15.3. The predicted molar refractivity (Wildman–Crippen MR) is 191 cm³/mol. The number of carbonyl (C=O) groups is 2. The molecule has 0 fully saturated rings. The molecule has 0 radical (unpaired) electrons. The number of aromatic carboxylic acids is 1. The van der Waals surface area contributed by atoms with Crippen molar-refractivity contribution in [3.05, 3.63) is 154 Å². The smallest absolute Gasteiger partial charge is 0.335 e. The van der Waals surface area contributed by atoms with Gasteiger partial charge in [-0.2, -0.15) is 0 Å². The monoisotopic (exact) mass is 675 g/mol. The van der Waals surface area contributed by atoms with Crippen molar-refractivity contribution in [1.82, 2.24) is 14.9 Å². The van der Waals surface area contributed by atoms with Gasteiger partial charge >= 0.3 is 5.97 Å². The van der Waals surface area contributed by atoms with E-state index in [1.807, 2.05) is 79.9 Å². The fourth-order valence-electron chi connectivity index (χ4n) is 5.42. The number of amides is 1. The first-order chi connectivity index (χ1) is 23.2. The second kappa shape index (κ2) is 14.6. The molecule has 0 aliphatic carbocycles. The molecule has 6 rings (SSSR count). The minimum atomic E-state index is -0.965. The fourth-order valence-corrected chi connectivity index (χ4v) is 5.93. The van der Waals surface area contributed by atoms with Crippen LogP contribution >= 0.6 is 23.2 Å². The Kier molecular flexibility index (Phi) is 9.90. The SMILES string of the molecule is CC(NC(=O)Cn1cc(-c2ccc(Cl)cc2Cl)nc1C=Cc1ccc(OCc2ccc(C(=O)O)cc2)cc1)c1cccc2ccccc12. The summed E-state index contributed by atoms with van der Waals surface area (Å²) in [5.74, 6) is 0.130. The highest BCUT2D eigenvalue weighted by molar-refractivity contribution is 6.36. The van der Waals surface area contributed by atoms with Gasteiger partial charge in [0.2, 0.25) is 5.91 Å². The molecule has 0 spiro atoms. The van der Waals surface area contributed by atoms with Gasteiger partial charge in [-0.05, 0) is 82.9 Å². The van der Waals surface area contributed by atoms with Gasteiger partial charge in [-0.3, -0.25) is 4.79 Å². The zero-order chi connectivity index (χ0) is 33.6. The summed E-state index contributed by atoms with van der Waals surface area (Å²) in [6, 6.07) is 33.4. The van der Waals surface area contributed by atoms with Crippen molar-refractivity contribution in [2.24, 2.45) is 0 Å². The van der Waals surface area contributed by atoms with E-state index in [0.29, 0.717) is 39.5 Å². The molecule has 1 atom stereocenters. The summed E-state index contributed by atoms with van der Waals surface area (Å²) in [4.78, 5) is 29.3. The standard InChI is InChI=1S/C39H31Cl2N3O4/c1-25(32-8-4-6-28-5-2-3-7-33(28)32)42-38(45)23-44-22-36(34-19-16-30(40)21-35(34)41)43-37(44)20-13-26-11-17-31(18-12-26)48-24-27-9-14-29(15-10-27)39(46)47/h2-22,25H,23-24H2,1H3,(H,42,45)(H,46,47). The van der Waals surface area contributed by atoms with Crippen molar-refractivity contribution in [3.63, 3.8) is 0 Å². The van der Waals surface area contributed by atoms with Crippen LogP contribution in [0.3, 0.4) is 0 Å². The maximum absolute atomic E-state index is 13.4. The van der Waals surface area contributed by atoms with E-state index in [0.717, 1.165) is 27.5 Å². The lowest BCUT2D eigenvalue weighted by molar-refractivity contribution is -0.122. The number of benzene rings is 5. The van der Waals surface area contributed by atoms with E-state index in [2.05, 4.69) is 23.5 Å². The van der Waals surface area contributed by atoms with Crippen LogP contribution in [0.2, 0.25) is 10.0 Å². The number of rotatable bonds is 11. The zero-order valence-corrected chi connectivity index (χ0v) is 27.5. The van der Waals surface area contributed by atoms with Gasteiger partial charge in [0.1, 0.15) is 24.7 Å². The van der Waals surface area contributed by atoms with Crippen molar-refractivity contribution in [3.8, 4) is 17.0 Å². The third-order valence-electron chi connectivity index (χ3n) is 7.91. The highest BCUT2D eigenvalue weighted by atomic mass is 35.5. The average Bonchev–Trinajstić information content (AvgIpc) is 3.48. The molecule has 48 heavy (non-hydrogen) atoms. The molecule has 1 aromatic heterocycles. The van der Waals surface area contributed by atoms with Gasteiger partial charge in [0.15, 0.2) is 0 Å². The van der Waals surface area contributed by atoms with Crippen molar-refractivity contribution in [2.75, 3.05) is 0 Å². The molecule has 1 unspecified atom stereocenters. The summed E-state index contributed by atoms with van der Waals surface area (Å²) in [7, 11) is 0. The van der Waals surface area contributed by atoms with E-state index in [1.165, 1.54) is 0 Å². The van der Waals surface area contributed by atoms with E-state index in [1.54, 1.807) is 41.0 Å². The zero-order valence-electron chi connectivity index (χ0n) is 25.9. The summed E-state index contributed by atoms with van der Waals surface area (Å²) >= 11 is 12.7. The molecule has 6 aromatic rings. The van der Waals surface area contributed by atoms with E-state index in [4.69, 9.17) is 38.0 Å². The minimum Gasteiger partial charge on any atom is -0.489 e. The Labute approximate surface area is 288 Å². The van der Waals surface area contributed by atoms with Crippen molar-refractivity contribution in [1.29, 1.82) is 0 Å². The van der Waals surface area contributed by atoms with Gasteiger partial charge in [0, 0.05) is 16.8 Å². The molecule has 2 N–H and O–H groups in total. The molecule has 0 aliphatic heterocycles. The van der Waals surface area contributed by atoms with Gasteiger partial charge in [-0.1, -0.05) is 96.0 Å². The topological polar surface area (TPSA) is 93.5 Å². The molecule has 0 saturated heterocycles. The Bertz CT molecular complexity index is 2120. The van der Waals surface area contributed by atoms with Gasteiger partial charge in [-0.15, -0.1) is 0 Å². The summed E-state index contributed by atoms with van der Waals surface area (Å²) in [5, 5.41) is 15.4. The highest BCUT2D eigenvalue weighted by Gasteiger charge is 2.16. The van der Waals surface area contributed by atoms with Crippen LogP contribution in [0.25, 0.3) is 34.2 Å². The number of nitrogens with one attached hydrogen (secondary N) is 1. The van der Waals surface area contributed by atoms with Crippen LogP contribution in [0, 0.1) is 0 Å². The van der Waals surface area contributed by atoms with E-state index in [-0.39, 0.29) is 24.1 Å². The Balaban J connectivity index is 1.19. The second-order valence-electron chi connectivity index (χ2n) is 11.3. The van der Waals surface area contributed by atoms with Crippen LogP contribution in [0.4, 0.5) is 0 Å². The van der Waals surface area contributed by atoms with Gasteiger partial charge in [-0.25, -0.2) is 9.78 Å². The lowest BCUT2D eigenvalue weighted by Gasteiger charge is -2.17. The molecule has 7 nitrogen and oxygen atoms in total. The maximum atomic E-state index is 13.4. The average molecular weight is 677 g/mol. The summed E-state index contributed by atoms with van der Waals surface area (Å²) in [6.07, 6.45) is 5.59. The predicted octanol–water partition coefficient (Wildman–Crippen LogP) is 9.34. The molecule has 1 amide bonds. The fraction of sp³-hybridized carbons (Fsp3) is 0.103. The minimum absolute atomic E-state index is 0.0488. The number of ether oxygens (including phenoxy) is 1. The second-order valence-corrected chi connectivity index (χ2v) is 12.1. The molecule has 0 aliphatic rings. The molecule has 1 heterocycles. The molecule has 0 bridgehead atoms. The Morgan fingerprint density at radius 2 is 1.67 bits per heavy atom. The number of hydrogen-bond acceptors (Lipinski definition) is 4. The molecule has 5 aromatic carbocycles. The number of hydrogen-bond donors (Lipinski definition) is 2. The van der Waals surface area contributed by atoms with E-state index >= 15 is 0 Å². The molecule has 240 valence electrons. The molecule has 9 heteroatoms. The van der Waals surface area contributed by atoms with Crippen molar-refractivity contribution >= 4 is 58.0 Å². The van der Waals surface area contributed by atoms with Crippen LogP contribution in [0.15, 0.2) is 115 Å². The number of fused-ring (bicyclic) bond motifs is 1. The number of aromatic nitrogens is 2. The number of carboxylic acid groups (broad SMARTS) is 1. The van der Waals surface area contributed by atoms with Crippen molar-refractivity contribution in [2.45, 2.75) is 26.1 Å². The van der Waals surface area contributed by atoms with Crippen molar-refractivity contribution < 1.29 is 19.4 Å².